The first kappa shape index (κ1) is 17.0. The topological polar surface area (TPSA) is 73.9 Å². The van der Waals surface area contributed by atoms with Gasteiger partial charge in [-0.05, 0) is 24.3 Å². The summed E-state index contributed by atoms with van der Waals surface area (Å²) >= 11 is 0. The fraction of sp³-hybridized carbons (Fsp3) is 0.176. The van der Waals surface area contributed by atoms with Crippen LogP contribution in [0.2, 0.25) is 0 Å². The molecule has 0 aromatic heterocycles. The number of hydrogen-bond acceptors (Lipinski definition) is 4. The van der Waals surface area contributed by atoms with Gasteiger partial charge in [0.2, 0.25) is 0 Å². The van der Waals surface area contributed by atoms with Crippen LogP contribution in [0.1, 0.15) is 15.9 Å². The van der Waals surface area contributed by atoms with Gasteiger partial charge in [-0.15, -0.1) is 0 Å². The van der Waals surface area contributed by atoms with Crippen molar-refractivity contribution in [2.75, 3.05) is 7.11 Å². The number of primary amides is 1. The molecule has 1 unspecified atom stereocenters. The molecule has 3 rings (SSSR count). The van der Waals surface area contributed by atoms with Crippen molar-refractivity contribution in [1.82, 2.24) is 0 Å². The molecule has 0 spiro atoms. The summed E-state index contributed by atoms with van der Waals surface area (Å²) in [4.78, 5) is 15.9. The third-order valence-corrected chi connectivity index (χ3v) is 3.67. The standard InChI is InChI=1S/C17H13F3N2O3/c1-24-16(9-10-4-2-3-5-13(10)22-16)25-14-7-6-11(17(18,19)20)8-12(14)15(21)23/h2-9H,1H3,(H2,21,23). The normalized spacial score (nSPS) is 18.9. The number of amides is 1. The summed E-state index contributed by atoms with van der Waals surface area (Å²) in [5.74, 6) is -2.80. The average molecular weight is 350 g/mol. The Morgan fingerprint density at radius 1 is 1.20 bits per heavy atom. The third kappa shape index (κ3) is 3.20. The Morgan fingerprint density at radius 3 is 2.52 bits per heavy atom. The maximum atomic E-state index is 12.8. The summed E-state index contributed by atoms with van der Waals surface area (Å²) in [5, 5.41) is 1.33. The monoisotopic (exact) mass is 350 g/mol. The molecule has 0 saturated heterocycles. The van der Waals surface area contributed by atoms with Gasteiger partial charge >= 0.3 is 12.1 Å². The molecule has 130 valence electrons. The van der Waals surface area contributed by atoms with Crippen LogP contribution < -0.4 is 21.0 Å². The number of nitrogens with two attached hydrogens (primary N) is 1. The van der Waals surface area contributed by atoms with Crippen LogP contribution in [-0.2, 0) is 10.9 Å². The number of rotatable bonds is 4. The average Bonchev–Trinajstić information content (AvgIpc) is 2.92. The lowest BCUT2D eigenvalue weighted by molar-refractivity contribution is -0.137. The molecule has 0 aliphatic carbocycles. The zero-order chi connectivity index (χ0) is 18.2. The predicted molar refractivity (Wildman–Crippen MR) is 82.0 cm³/mol. The molecule has 1 aliphatic heterocycles. The number of carbonyl (C=O) groups excluding carboxylic acids is 1. The quantitative estimate of drug-likeness (QED) is 0.851. The minimum absolute atomic E-state index is 0.157. The fourth-order valence-corrected chi connectivity index (χ4v) is 2.45. The molecule has 1 heterocycles. The maximum absolute atomic E-state index is 12.8. The molecule has 2 aromatic carbocycles. The lowest BCUT2D eigenvalue weighted by atomic mass is 10.1. The van der Waals surface area contributed by atoms with Gasteiger partial charge in [-0.1, -0.05) is 18.2 Å². The molecule has 8 heteroatoms. The highest BCUT2D eigenvalue weighted by Crippen LogP contribution is 2.34. The second kappa shape index (κ2) is 5.89. The minimum Gasteiger partial charge on any atom is -0.439 e. The highest BCUT2D eigenvalue weighted by Gasteiger charge is 2.35. The van der Waals surface area contributed by atoms with Gasteiger partial charge in [0, 0.05) is 18.4 Å². The summed E-state index contributed by atoms with van der Waals surface area (Å²) in [6.45, 7) is 0. The van der Waals surface area contributed by atoms with Gasteiger partial charge in [0.1, 0.15) is 5.75 Å². The van der Waals surface area contributed by atoms with E-state index in [4.69, 9.17) is 15.2 Å². The largest absolute Gasteiger partial charge is 0.439 e. The minimum atomic E-state index is -4.61. The Hall–Kier alpha value is -2.87. The summed E-state index contributed by atoms with van der Waals surface area (Å²) < 4.78 is 49.5. The molecule has 5 nitrogen and oxygen atoms in total. The van der Waals surface area contributed by atoms with Crippen LogP contribution in [0.5, 0.6) is 5.75 Å². The van der Waals surface area contributed by atoms with Gasteiger partial charge < -0.3 is 15.2 Å². The number of nitrogens with zero attached hydrogens (tertiary/aromatic N) is 1. The van der Waals surface area contributed by atoms with Crippen LogP contribution in [0.3, 0.4) is 0 Å². The van der Waals surface area contributed by atoms with Crippen LogP contribution in [0, 0.1) is 0 Å². The third-order valence-electron chi connectivity index (χ3n) is 3.67. The van der Waals surface area contributed by atoms with Gasteiger partial charge in [-0.2, -0.15) is 13.2 Å². The van der Waals surface area contributed by atoms with Gasteiger partial charge in [0.25, 0.3) is 5.91 Å². The van der Waals surface area contributed by atoms with Crippen molar-refractivity contribution < 1.29 is 27.4 Å². The van der Waals surface area contributed by atoms with Crippen LogP contribution >= 0.6 is 0 Å². The number of para-hydroxylation sites is 1. The van der Waals surface area contributed by atoms with Gasteiger partial charge in [0.15, 0.2) is 0 Å². The van der Waals surface area contributed by atoms with Crippen molar-refractivity contribution >= 4 is 12.0 Å². The first-order valence-electron chi connectivity index (χ1n) is 7.17. The highest BCUT2D eigenvalue weighted by atomic mass is 19.4. The predicted octanol–water partition coefficient (Wildman–Crippen LogP) is 1.60. The van der Waals surface area contributed by atoms with E-state index in [1.807, 2.05) is 0 Å². The number of hydrogen-bond donors (Lipinski definition) is 1. The van der Waals surface area contributed by atoms with Crippen molar-refractivity contribution in [3.63, 3.8) is 0 Å². The lowest BCUT2D eigenvalue weighted by Gasteiger charge is -2.24. The second-order valence-corrected chi connectivity index (χ2v) is 5.32. The number of ether oxygens (including phenoxy) is 2. The second-order valence-electron chi connectivity index (χ2n) is 5.32. The zero-order valence-corrected chi connectivity index (χ0v) is 13.0. The molecule has 2 N–H and O–H groups in total. The number of fused-ring (bicyclic) bond motifs is 1. The Bertz CT molecular complexity index is 919. The first-order valence-corrected chi connectivity index (χ1v) is 7.17. The van der Waals surface area contributed by atoms with E-state index in [2.05, 4.69) is 4.99 Å². The molecule has 1 aliphatic rings. The van der Waals surface area contributed by atoms with Gasteiger partial charge in [0.05, 0.1) is 16.5 Å². The van der Waals surface area contributed by atoms with E-state index < -0.39 is 29.1 Å². The molecular formula is C17H13F3N2O3. The molecule has 1 amide bonds. The van der Waals surface area contributed by atoms with Crippen molar-refractivity contribution in [3.05, 3.63) is 64.2 Å². The van der Waals surface area contributed by atoms with E-state index in [1.165, 1.54) is 7.11 Å². The molecule has 0 radical (unpaired) electrons. The summed E-state index contributed by atoms with van der Waals surface area (Å²) in [6, 6.07) is 9.55. The lowest BCUT2D eigenvalue weighted by Crippen LogP contribution is -2.33. The van der Waals surface area contributed by atoms with Gasteiger partial charge in [-0.3, -0.25) is 4.79 Å². The van der Waals surface area contributed by atoms with E-state index in [9.17, 15) is 18.0 Å². The van der Waals surface area contributed by atoms with Crippen molar-refractivity contribution in [1.29, 1.82) is 0 Å². The Morgan fingerprint density at radius 2 is 1.92 bits per heavy atom. The first-order chi connectivity index (χ1) is 11.7. The van der Waals surface area contributed by atoms with E-state index in [0.717, 1.165) is 17.4 Å². The summed E-state index contributed by atoms with van der Waals surface area (Å²) in [6.07, 6.45) is -3.05. The number of alkyl halides is 3. The van der Waals surface area contributed by atoms with Crippen LogP contribution in [0.15, 0.2) is 47.5 Å². The summed E-state index contributed by atoms with van der Waals surface area (Å²) in [5.41, 5.74) is 3.79. The Balaban J connectivity index is 2.05. The molecule has 0 bridgehead atoms. The molecule has 0 fully saturated rings. The van der Waals surface area contributed by atoms with E-state index in [-0.39, 0.29) is 5.75 Å². The summed E-state index contributed by atoms with van der Waals surface area (Å²) in [7, 11) is 1.33. The van der Waals surface area contributed by atoms with Crippen LogP contribution in [0.4, 0.5) is 13.2 Å². The zero-order valence-electron chi connectivity index (χ0n) is 13.0. The van der Waals surface area contributed by atoms with Crippen molar-refractivity contribution in [2.24, 2.45) is 10.7 Å². The molecule has 1 atom stereocenters. The SMILES string of the molecule is COC1(Oc2ccc(C(F)(F)F)cc2C(N)=O)C=c2ccccc2=N1. The van der Waals surface area contributed by atoms with Crippen LogP contribution in [0.25, 0.3) is 6.08 Å². The van der Waals surface area contributed by atoms with Crippen molar-refractivity contribution in [3.8, 4) is 5.75 Å². The Labute approximate surface area is 140 Å². The molecule has 25 heavy (non-hydrogen) atoms. The molecular weight excluding hydrogens is 337 g/mol. The van der Waals surface area contributed by atoms with E-state index in [1.54, 1.807) is 30.3 Å². The number of carbonyl (C=O) groups is 1. The number of methoxy groups -OCH3 is 1. The number of halogens is 3. The molecule has 2 aromatic rings. The smallest absolute Gasteiger partial charge is 0.416 e. The Kier molecular flexibility index (Phi) is 4.00. The molecule has 0 saturated carbocycles. The number of benzene rings is 2. The van der Waals surface area contributed by atoms with Crippen LogP contribution in [-0.4, -0.2) is 18.9 Å². The van der Waals surface area contributed by atoms with E-state index >= 15 is 0 Å². The van der Waals surface area contributed by atoms with E-state index in [0.29, 0.717) is 11.4 Å². The maximum Gasteiger partial charge on any atom is 0.416 e. The van der Waals surface area contributed by atoms with Crippen molar-refractivity contribution in [2.45, 2.75) is 12.1 Å². The van der Waals surface area contributed by atoms with Gasteiger partial charge in [-0.25, -0.2) is 4.99 Å². The highest BCUT2D eigenvalue weighted by molar-refractivity contribution is 5.95. The fourth-order valence-electron chi connectivity index (χ4n) is 2.45.